The lowest BCUT2D eigenvalue weighted by atomic mass is 10.1. The summed E-state index contributed by atoms with van der Waals surface area (Å²) in [7, 11) is -3.38. The van der Waals surface area contributed by atoms with Crippen molar-refractivity contribution in [3.63, 3.8) is 0 Å². The Labute approximate surface area is 86.8 Å². The maximum atomic E-state index is 12.3. The molecule has 84 valence electrons. The Morgan fingerprint density at radius 2 is 1.93 bits per heavy atom. The van der Waals surface area contributed by atoms with E-state index in [0.717, 1.165) is 6.26 Å². The van der Waals surface area contributed by atoms with Crippen molar-refractivity contribution in [2.45, 2.75) is 17.4 Å². The number of hydrogen-bond acceptors (Lipinski definition) is 3. The fourth-order valence-electron chi connectivity index (χ4n) is 1.10. The third-order valence-corrected chi connectivity index (χ3v) is 3.05. The second-order valence-electron chi connectivity index (χ2n) is 3.20. The number of rotatable bonds is 3. The Morgan fingerprint density at radius 1 is 1.33 bits per heavy atom. The molecule has 0 aromatic heterocycles. The van der Waals surface area contributed by atoms with Gasteiger partial charge in [-0.3, -0.25) is 0 Å². The summed E-state index contributed by atoms with van der Waals surface area (Å²) >= 11 is 0. The zero-order valence-electron chi connectivity index (χ0n) is 8.02. The van der Waals surface area contributed by atoms with Gasteiger partial charge in [-0.25, -0.2) is 17.2 Å². The van der Waals surface area contributed by atoms with Crippen LogP contribution >= 0.6 is 0 Å². The van der Waals surface area contributed by atoms with Gasteiger partial charge in [0.2, 0.25) is 0 Å². The molecule has 0 fully saturated rings. The smallest absolute Gasteiger partial charge is 0.257 e. The first kappa shape index (κ1) is 12.1. The Hall–Kier alpha value is -1.01. The number of alkyl halides is 2. The van der Waals surface area contributed by atoms with Gasteiger partial charge in [0.25, 0.3) is 6.43 Å². The molecule has 0 saturated heterocycles. The highest BCUT2D eigenvalue weighted by Crippen LogP contribution is 2.20. The highest BCUT2D eigenvalue weighted by atomic mass is 32.2. The predicted octanol–water partition coefficient (Wildman–Crippen LogP) is 1.36. The highest BCUT2D eigenvalue weighted by Gasteiger charge is 2.18. The first-order valence-corrected chi connectivity index (χ1v) is 6.05. The Morgan fingerprint density at radius 3 is 2.40 bits per heavy atom. The van der Waals surface area contributed by atoms with Crippen LogP contribution in [-0.2, 0) is 9.84 Å². The summed E-state index contributed by atoms with van der Waals surface area (Å²) in [5.41, 5.74) is 5.32. The van der Waals surface area contributed by atoms with Crippen LogP contribution in [0.2, 0.25) is 0 Å². The van der Waals surface area contributed by atoms with Crippen molar-refractivity contribution in [2.75, 3.05) is 6.26 Å². The molecule has 0 saturated carbocycles. The molecule has 1 unspecified atom stereocenters. The van der Waals surface area contributed by atoms with Crippen LogP contribution in [0.5, 0.6) is 0 Å². The minimum Gasteiger partial charge on any atom is -0.319 e. The van der Waals surface area contributed by atoms with Gasteiger partial charge in [0.1, 0.15) is 0 Å². The first-order chi connectivity index (χ1) is 6.82. The van der Waals surface area contributed by atoms with Crippen molar-refractivity contribution >= 4 is 9.84 Å². The van der Waals surface area contributed by atoms with E-state index in [1.807, 2.05) is 0 Å². The van der Waals surface area contributed by atoms with Crippen molar-refractivity contribution < 1.29 is 17.2 Å². The molecule has 2 N–H and O–H groups in total. The van der Waals surface area contributed by atoms with E-state index in [4.69, 9.17) is 5.73 Å². The third kappa shape index (κ3) is 2.97. The molecule has 0 aliphatic heterocycles. The quantitative estimate of drug-likeness (QED) is 0.860. The molecular formula is C9H11F2NO2S. The van der Waals surface area contributed by atoms with Crippen molar-refractivity contribution in [1.82, 2.24) is 0 Å². The van der Waals surface area contributed by atoms with Gasteiger partial charge in [0.05, 0.1) is 10.9 Å². The first-order valence-electron chi connectivity index (χ1n) is 4.16. The standard InChI is InChI=1S/C9H11F2NO2S/c1-15(13,14)7-4-2-3-6(5-7)8(12)9(10)11/h2-5,8-9H,12H2,1H3. The monoisotopic (exact) mass is 235 g/mol. The molecule has 1 rings (SSSR count). The maximum Gasteiger partial charge on any atom is 0.257 e. The van der Waals surface area contributed by atoms with Crippen LogP contribution in [0, 0.1) is 0 Å². The van der Waals surface area contributed by atoms with Gasteiger partial charge in [-0.2, -0.15) is 0 Å². The second-order valence-corrected chi connectivity index (χ2v) is 5.22. The molecule has 0 bridgehead atoms. The summed E-state index contributed by atoms with van der Waals surface area (Å²) in [5, 5.41) is 0. The molecule has 3 nitrogen and oxygen atoms in total. The number of halogens is 2. The largest absolute Gasteiger partial charge is 0.319 e. The normalized spacial score (nSPS) is 14.2. The van der Waals surface area contributed by atoms with Gasteiger partial charge in [-0.05, 0) is 17.7 Å². The fourth-order valence-corrected chi connectivity index (χ4v) is 1.77. The topological polar surface area (TPSA) is 60.2 Å². The summed E-state index contributed by atoms with van der Waals surface area (Å²) in [5.74, 6) is 0. The van der Waals surface area contributed by atoms with Crippen LogP contribution in [-0.4, -0.2) is 21.1 Å². The molecule has 0 aliphatic carbocycles. The highest BCUT2D eigenvalue weighted by molar-refractivity contribution is 7.90. The summed E-state index contributed by atoms with van der Waals surface area (Å²) in [4.78, 5) is -0.00361. The Kier molecular flexibility index (Phi) is 3.41. The van der Waals surface area contributed by atoms with E-state index in [1.54, 1.807) is 0 Å². The van der Waals surface area contributed by atoms with Crippen LogP contribution in [0.15, 0.2) is 29.2 Å². The summed E-state index contributed by atoms with van der Waals surface area (Å²) in [6.45, 7) is 0. The van der Waals surface area contributed by atoms with Crippen molar-refractivity contribution in [2.24, 2.45) is 5.73 Å². The second kappa shape index (κ2) is 4.24. The van der Waals surface area contributed by atoms with E-state index in [1.165, 1.54) is 24.3 Å². The molecule has 0 aliphatic rings. The van der Waals surface area contributed by atoms with Crippen LogP contribution in [0.25, 0.3) is 0 Å². The van der Waals surface area contributed by atoms with Gasteiger partial charge < -0.3 is 5.73 Å². The molecule has 0 amide bonds. The lowest BCUT2D eigenvalue weighted by Gasteiger charge is -2.11. The SMILES string of the molecule is CS(=O)(=O)c1cccc(C(N)C(F)F)c1. The number of hydrogen-bond donors (Lipinski definition) is 1. The molecule has 1 atom stereocenters. The summed E-state index contributed by atoms with van der Waals surface area (Å²) < 4.78 is 46.8. The van der Waals surface area contributed by atoms with E-state index >= 15 is 0 Å². The van der Waals surface area contributed by atoms with Gasteiger partial charge >= 0.3 is 0 Å². The molecule has 0 heterocycles. The maximum absolute atomic E-state index is 12.3. The van der Waals surface area contributed by atoms with E-state index in [0.29, 0.717) is 0 Å². The van der Waals surface area contributed by atoms with Gasteiger partial charge in [-0.1, -0.05) is 12.1 Å². The van der Waals surface area contributed by atoms with Crippen LogP contribution in [0.1, 0.15) is 11.6 Å². The predicted molar refractivity (Wildman–Crippen MR) is 52.5 cm³/mol. The number of benzene rings is 1. The zero-order chi connectivity index (χ0) is 11.6. The number of sulfone groups is 1. The van der Waals surface area contributed by atoms with Crippen molar-refractivity contribution in [3.8, 4) is 0 Å². The molecular weight excluding hydrogens is 224 g/mol. The van der Waals surface area contributed by atoms with Gasteiger partial charge in [-0.15, -0.1) is 0 Å². The minimum atomic E-state index is -3.38. The Bertz CT molecular complexity index is 445. The summed E-state index contributed by atoms with van der Waals surface area (Å²) in [6, 6.07) is 3.84. The molecule has 0 radical (unpaired) electrons. The minimum absolute atomic E-state index is 0.00361. The Balaban J connectivity index is 3.14. The third-order valence-electron chi connectivity index (χ3n) is 1.94. The summed E-state index contributed by atoms with van der Waals surface area (Å²) in [6.07, 6.45) is -1.69. The average molecular weight is 235 g/mol. The molecule has 0 spiro atoms. The van der Waals surface area contributed by atoms with Crippen LogP contribution in [0.4, 0.5) is 8.78 Å². The lowest BCUT2D eigenvalue weighted by molar-refractivity contribution is 0.116. The average Bonchev–Trinajstić information content (AvgIpc) is 2.15. The molecule has 1 aromatic rings. The van der Waals surface area contributed by atoms with Crippen molar-refractivity contribution in [3.05, 3.63) is 29.8 Å². The number of nitrogens with two attached hydrogens (primary N) is 1. The molecule has 1 aromatic carbocycles. The van der Waals surface area contributed by atoms with Crippen molar-refractivity contribution in [1.29, 1.82) is 0 Å². The van der Waals surface area contributed by atoms with E-state index in [9.17, 15) is 17.2 Å². The van der Waals surface area contributed by atoms with Crippen LogP contribution in [0.3, 0.4) is 0 Å². The van der Waals surface area contributed by atoms with E-state index in [-0.39, 0.29) is 10.5 Å². The fraction of sp³-hybridized carbons (Fsp3) is 0.333. The molecule has 15 heavy (non-hydrogen) atoms. The van der Waals surface area contributed by atoms with E-state index in [2.05, 4.69) is 0 Å². The lowest BCUT2D eigenvalue weighted by Crippen LogP contribution is -2.19. The molecule has 6 heteroatoms. The van der Waals surface area contributed by atoms with Gasteiger partial charge in [0, 0.05) is 6.26 Å². The van der Waals surface area contributed by atoms with Crippen LogP contribution < -0.4 is 5.73 Å². The van der Waals surface area contributed by atoms with E-state index < -0.39 is 22.3 Å². The zero-order valence-corrected chi connectivity index (χ0v) is 8.84. The van der Waals surface area contributed by atoms with Gasteiger partial charge in [0.15, 0.2) is 9.84 Å².